The molecule has 122 valence electrons. The Hall–Kier alpha value is -2.42. The highest BCUT2D eigenvalue weighted by atomic mass is 127. The molecule has 0 saturated carbocycles. The minimum absolute atomic E-state index is 0.00411. The quantitative estimate of drug-likeness (QED) is 0.619. The number of hydrogen-bond donors (Lipinski definition) is 2. The third-order valence-electron chi connectivity index (χ3n) is 3.56. The highest BCUT2D eigenvalue weighted by Crippen LogP contribution is 2.22. The van der Waals surface area contributed by atoms with E-state index in [1.165, 1.54) is 10.9 Å². The highest BCUT2D eigenvalue weighted by molar-refractivity contribution is 14.1. The molecule has 7 heteroatoms. The first kappa shape index (κ1) is 16.4. The maximum atomic E-state index is 12.4. The van der Waals surface area contributed by atoms with Crippen LogP contribution in [0.5, 0.6) is 5.75 Å². The van der Waals surface area contributed by atoms with E-state index in [0.29, 0.717) is 0 Å². The Morgan fingerprint density at radius 3 is 2.67 bits per heavy atom. The van der Waals surface area contributed by atoms with Crippen molar-refractivity contribution in [2.45, 2.75) is 13.0 Å². The first-order chi connectivity index (χ1) is 11.6. The maximum absolute atomic E-state index is 12.4. The van der Waals surface area contributed by atoms with Crippen LogP contribution in [-0.2, 0) is 0 Å². The minimum atomic E-state index is -0.429. The number of pyridine rings is 1. The van der Waals surface area contributed by atoms with Crippen molar-refractivity contribution in [2.75, 3.05) is 0 Å². The van der Waals surface area contributed by atoms with E-state index in [9.17, 15) is 9.90 Å². The van der Waals surface area contributed by atoms with E-state index in [1.807, 2.05) is 43.3 Å². The Bertz CT molecular complexity index is 864. The molecule has 0 unspecified atom stereocenters. The van der Waals surface area contributed by atoms with E-state index in [1.54, 1.807) is 12.4 Å². The highest BCUT2D eigenvalue weighted by Gasteiger charge is 2.19. The summed E-state index contributed by atoms with van der Waals surface area (Å²) in [4.78, 5) is 16.4. The average molecular weight is 434 g/mol. The molecule has 0 saturated heterocycles. The van der Waals surface area contributed by atoms with Gasteiger partial charge in [0.1, 0.15) is 0 Å². The van der Waals surface area contributed by atoms with Crippen LogP contribution in [0, 0.1) is 3.57 Å². The zero-order valence-electron chi connectivity index (χ0n) is 12.8. The molecule has 0 aliphatic heterocycles. The van der Waals surface area contributed by atoms with Gasteiger partial charge in [-0.2, -0.15) is 5.10 Å². The van der Waals surface area contributed by atoms with E-state index < -0.39 is 5.91 Å². The number of benzene rings is 1. The second-order valence-electron chi connectivity index (χ2n) is 5.23. The zero-order valence-corrected chi connectivity index (χ0v) is 15.0. The fourth-order valence-electron chi connectivity index (χ4n) is 2.29. The molecular formula is C17H15IN4O2. The number of carbonyl (C=O) groups is 1. The molecule has 3 aromatic rings. The normalized spacial score (nSPS) is 11.9. The molecule has 0 bridgehead atoms. The number of halogens is 1. The average Bonchev–Trinajstić information content (AvgIpc) is 2.97. The van der Waals surface area contributed by atoms with Crippen molar-refractivity contribution in [3.63, 3.8) is 0 Å². The number of hydrogen-bond acceptors (Lipinski definition) is 4. The SMILES string of the molecule is C[C@@H](NC(=O)c1nn(-c2ccccc2I)cc1O)c1ccncc1. The van der Waals surface area contributed by atoms with Crippen molar-refractivity contribution in [2.24, 2.45) is 0 Å². The van der Waals surface area contributed by atoms with Crippen molar-refractivity contribution in [1.29, 1.82) is 0 Å². The van der Waals surface area contributed by atoms with Gasteiger partial charge in [-0.3, -0.25) is 9.78 Å². The summed E-state index contributed by atoms with van der Waals surface area (Å²) >= 11 is 2.18. The number of nitrogens with zero attached hydrogens (tertiary/aromatic N) is 3. The Kier molecular flexibility index (Phi) is 4.79. The third kappa shape index (κ3) is 3.40. The summed E-state index contributed by atoms with van der Waals surface area (Å²) in [5.41, 5.74) is 1.72. The predicted molar refractivity (Wildman–Crippen MR) is 98.1 cm³/mol. The van der Waals surface area contributed by atoms with Crippen LogP contribution in [0.25, 0.3) is 5.69 Å². The van der Waals surface area contributed by atoms with Crippen LogP contribution in [0.2, 0.25) is 0 Å². The van der Waals surface area contributed by atoms with E-state index >= 15 is 0 Å². The van der Waals surface area contributed by atoms with Gasteiger partial charge < -0.3 is 10.4 Å². The van der Waals surface area contributed by atoms with Crippen molar-refractivity contribution in [1.82, 2.24) is 20.1 Å². The van der Waals surface area contributed by atoms with Crippen LogP contribution in [-0.4, -0.2) is 25.8 Å². The zero-order chi connectivity index (χ0) is 17.1. The number of aromatic hydroxyl groups is 1. The summed E-state index contributed by atoms with van der Waals surface area (Å²) in [6.07, 6.45) is 4.77. The van der Waals surface area contributed by atoms with Crippen LogP contribution >= 0.6 is 22.6 Å². The Morgan fingerprint density at radius 1 is 1.25 bits per heavy atom. The lowest BCUT2D eigenvalue weighted by Gasteiger charge is -2.13. The molecule has 2 aromatic heterocycles. The van der Waals surface area contributed by atoms with Gasteiger partial charge in [0.05, 0.1) is 17.9 Å². The van der Waals surface area contributed by atoms with Crippen LogP contribution in [0.1, 0.15) is 29.0 Å². The van der Waals surface area contributed by atoms with Gasteiger partial charge in [-0.1, -0.05) is 12.1 Å². The van der Waals surface area contributed by atoms with Gasteiger partial charge >= 0.3 is 0 Å². The molecule has 6 nitrogen and oxygen atoms in total. The van der Waals surface area contributed by atoms with Gasteiger partial charge in [0.15, 0.2) is 11.4 Å². The molecular weight excluding hydrogens is 419 g/mol. The van der Waals surface area contributed by atoms with E-state index in [-0.39, 0.29) is 17.5 Å². The molecule has 0 aliphatic rings. The van der Waals surface area contributed by atoms with E-state index in [0.717, 1.165) is 14.8 Å². The molecule has 1 aromatic carbocycles. The largest absolute Gasteiger partial charge is 0.504 e. The number of amides is 1. The molecule has 2 heterocycles. The number of rotatable bonds is 4. The van der Waals surface area contributed by atoms with E-state index in [4.69, 9.17) is 0 Å². The van der Waals surface area contributed by atoms with Gasteiger partial charge in [-0.15, -0.1) is 0 Å². The molecule has 2 N–H and O–H groups in total. The lowest BCUT2D eigenvalue weighted by molar-refractivity contribution is 0.0932. The topological polar surface area (TPSA) is 80.0 Å². The second-order valence-corrected chi connectivity index (χ2v) is 6.40. The summed E-state index contributed by atoms with van der Waals surface area (Å²) in [7, 11) is 0. The van der Waals surface area contributed by atoms with Crippen LogP contribution in [0.15, 0.2) is 55.0 Å². The Morgan fingerprint density at radius 2 is 1.96 bits per heavy atom. The summed E-state index contributed by atoms with van der Waals surface area (Å²) in [5, 5.41) is 17.1. The fourth-order valence-corrected chi connectivity index (χ4v) is 2.92. The van der Waals surface area contributed by atoms with Gasteiger partial charge in [0.2, 0.25) is 0 Å². The van der Waals surface area contributed by atoms with Gasteiger partial charge in [0.25, 0.3) is 5.91 Å². The van der Waals surface area contributed by atoms with E-state index in [2.05, 4.69) is 38.0 Å². The first-order valence-electron chi connectivity index (χ1n) is 7.30. The molecule has 1 atom stereocenters. The van der Waals surface area contributed by atoms with Crippen molar-refractivity contribution in [3.05, 3.63) is 69.8 Å². The lowest BCUT2D eigenvalue weighted by Crippen LogP contribution is -2.27. The first-order valence-corrected chi connectivity index (χ1v) is 8.38. The maximum Gasteiger partial charge on any atom is 0.276 e. The third-order valence-corrected chi connectivity index (χ3v) is 4.48. The number of aromatic nitrogens is 3. The van der Waals surface area contributed by atoms with Crippen molar-refractivity contribution < 1.29 is 9.90 Å². The minimum Gasteiger partial charge on any atom is -0.504 e. The number of carbonyl (C=O) groups excluding carboxylic acids is 1. The van der Waals surface area contributed by atoms with Crippen LogP contribution in [0.3, 0.4) is 0 Å². The summed E-state index contributed by atoms with van der Waals surface area (Å²) < 4.78 is 2.47. The van der Waals surface area contributed by atoms with Gasteiger partial charge in [-0.05, 0) is 59.3 Å². The monoisotopic (exact) mass is 434 g/mol. The van der Waals surface area contributed by atoms with Gasteiger partial charge in [-0.25, -0.2) is 4.68 Å². The standard InChI is InChI=1S/C17H15IN4O2/c1-11(12-6-8-19-9-7-12)20-17(24)16-15(23)10-22(21-16)14-5-3-2-4-13(14)18/h2-11,23H,1H3,(H,20,24)/t11-/m1/s1. The van der Waals surface area contributed by atoms with Gasteiger partial charge in [0, 0.05) is 16.0 Å². The van der Waals surface area contributed by atoms with Crippen LogP contribution in [0.4, 0.5) is 0 Å². The molecule has 1 amide bonds. The molecule has 0 radical (unpaired) electrons. The second kappa shape index (κ2) is 7.00. The summed E-state index contributed by atoms with van der Waals surface area (Å²) in [6.45, 7) is 1.86. The Balaban J connectivity index is 1.82. The summed E-state index contributed by atoms with van der Waals surface area (Å²) in [5.74, 6) is -0.587. The van der Waals surface area contributed by atoms with Crippen molar-refractivity contribution in [3.8, 4) is 11.4 Å². The molecule has 24 heavy (non-hydrogen) atoms. The summed E-state index contributed by atoms with van der Waals surface area (Å²) in [6, 6.07) is 11.0. The smallest absolute Gasteiger partial charge is 0.276 e. The van der Waals surface area contributed by atoms with Crippen molar-refractivity contribution >= 4 is 28.5 Å². The number of nitrogens with one attached hydrogen (secondary N) is 1. The molecule has 0 aliphatic carbocycles. The fraction of sp³-hybridized carbons (Fsp3) is 0.118. The Labute approximate surface area is 152 Å². The molecule has 0 fully saturated rings. The predicted octanol–water partition coefficient (Wildman–Crippen LogP) is 3.07. The molecule has 0 spiro atoms. The lowest BCUT2D eigenvalue weighted by atomic mass is 10.1. The molecule has 3 rings (SSSR count). The number of para-hydroxylation sites is 1. The van der Waals surface area contributed by atoms with Crippen LogP contribution < -0.4 is 5.32 Å².